The lowest BCUT2D eigenvalue weighted by Crippen LogP contribution is -2.38. The Bertz CT molecular complexity index is 1450. The highest BCUT2D eigenvalue weighted by molar-refractivity contribution is 7.91. The summed E-state index contributed by atoms with van der Waals surface area (Å²) < 4.78 is 38.0. The highest BCUT2D eigenvalue weighted by atomic mass is 32.2. The number of ether oxygens (including phenoxy) is 2. The van der Waals surface area contributed by atoms with Crippen molar-refractivity contribution in [3.05, 3.63) is 60.4 Å². The quantitative estimate of drug-likeness (QED) is 0.310. The molecule has 0 atom stereocenters. The van der Waals surface area contributed by atoms with Crippen molar-refractivity contribution in [1.29, 1.82) is 0 Å². The molecule has 0 aliphatic carbocycles. The zero-order valence-corrected chi connectivity index (χ0v) is 21.6. The van der Waals surface area contributed by atoms with Gasteiger partial charge in [0, 0.05) is 25.2 Å². The molecule has 1 saturated heterocycles. The van der Waals surface area contributed by atoms with E-state index in [-0.39, 0.29) is 5.75 Å². The van der Waals surface area contributed by atoms with Crippen LogP contribution in [-0.2, 0) is 21.1 Å². The molecule has 4 aromatic rings. The molecule has 1 aliphatic heterocycles. The van der Waals surface area contributed by atoms with E-state index in [2.05, 4.69) is 25.2 Å². The minimum absolute atomic E-state index is 0.111. The first-order chi connectivity index (χ1) is 18.0. The third-order valence-corrected chi connectivity index (χ3v) is 8.16. The van der Waals surface area contributed by atoms with Crippen molar-refractivity contribution in [2.45, 2.75) is 24.8 Å². The smallest absolute Gasteiger partial charge is 0.178 e. The molecule has 0 unspecified atom stereocenters. The largest absolute Gasteiger partial charge is 0.489 e. The van der Waals surface area contributed by atoms with Crippen LogP contribution < -0.4 is 4.74 Å². The van der Waals surface area contributed by atoms with Crippen molar-refractivity contribution in [3.8, 4) is 17.1 Å². The second-order valence-corrected chi connectivity index (χ2v) is 11.1. The summed E-state index contributed by atoms with van der Waals surface area (Å²) in [5.74, 6) is 1.34. The molecule has 37 heavy (non-hydrogen) atoms. The van der Waals surface area contributed by atoms with Crippen LogP contribution in [0.4, 0.5) is 0 Å². The van der Waals surface area contributed by atoms with Gasteiger partial charge in [-0.1, -0.05) is 30.3 Å². The van der Waals surface area contributed by atoms with E-state index in [0.717, 1.165) is 44.0 Å². The van der Waals surface area contributed by atoms with E-state index >= 15 is 0 Å². The fourth-order valence-electron chi connectivity index (χ4n) is 4.28. The Hall–Kier alpha value is -3.41. The van der Waals surface area contributed by atoms with E-state index in [9.17, 15) is 8.42 Å². The molecule has 5 rings (SSSR count). The summed E-state index contributed by atoms with van der Waals surface area (Å²) >= 11 is 0. The van der Waals surface area contributed by atoms with Gasteiger partial charge >= 0.3 is 0 Å². The van der Waals surface area contributed by atoms with Crippen LogP contribution in [0.1, 0.15) is 18.9 Å². The number of morpholine rings is 1. The van der Waals surface area contributed by atoms with E-state index in [1.165, 1.54) is 0 Å². The van der Waals surface area contributed by atoms with Crippen LogP contribution in [-0.4, -0.2) is 83.5 Å². The van der Waals surface area contributed by atoms with Gasteiger partial charge < -0.3 is 9.47 Å². The maximum absolute atomic E-state index is 12.5. The Morgan fingerprint density at radius 3 is 2.65 bits per heavy atom. The standard InChI is InChI=1S/C26H30N6O4S/c1-2-14-37(33,34)23-6-7-24-25(16-23)32(30-29-24)19-20-4-3-5-21(15-20)26-27-17-22(18-28-26)36-13-10-31-8-11-35-12-9-31/h3-7,15-18H,2,8-14,19H2,1H3. The van der Waals surface area contributed by atoms with Gasteiger partial charge in [0.2, 0.25) is 0 Å². The minimum Gasteiger partial charge on any atom is -0.489 e. The van der Waals surface area contributed by atoms with Gasteiger partial charge in [-0.05, 0) is 36.2 Å². The Labute approximate surface area is 216 Å². The zero-order chi connectivity index (χ0) is 25.7. The van der Waals surface area contributed by atoms with Crippen molar-refractivity contribution >= 4 is 20.9 Å². The average molecular weight is 523 g/mol. The monoisotopic (exact) mass is 522 g/mol. The number of fused-ring (bicyclic) bond motifs is 1. The molecule has 0 N–H and O–H groups in total. The van der Waals surface area contributed by atoms with Gasteiger partial charge in [-0.15, -0.1) is 5.10 Å². The van der Waals surface area contributed by atoms with Crippen molar-refractivity contribution in [1.82, 2.24) is 29.9 Å². The first kappa shape index (κ1) is 25.2. The highest BCUT2D eigenvalue weighted by Crippen LogP contribution is 2.22. The number of aromatic nitrogens is 5. The molecule has 1 aliphatic rings. The summed E-state index contributed by atoms with van der Waals surface area (Å²) in [7, 11) is -3.33. The summed E-state index contributed by atoms with van der Waals surface area (Å²) in [6, 6.07) is 12.8. The van der Waals surface area contributed by atoms with Gasteiger partial charge in [-0.3, -0.25) is 4.90 Å². The predicted octanol–water partition coefficient (Wildman–Crippen LogP) is 2.83. The lowest BCUT2D eigenvalue weighted by Gasteiger charge is -2.26. The molecule has 0 bridgehead atoms. The number of hydrogen-bond acceptors (Lipinski definition) is 9. The molecule has 0 radical (unpaired) electrons. The Morgan fingerprint density at radius 2 is 1.86 bits per heavy atom. The van der Waals surface area contributed by atoms with Gasteiger partial charge in [0.15, 0.2) is 21.4 Å². The van der Waals surface area contributed by atoms with E-state index in [1.807, 2.05) is 31.2 Å². The van der Waals surface area contributed by atoms with E-state index in [0.29, 0.717) is 47.1 Å². The predicted molar refractivity (Wildman–Crippen MR) is 139 cm³/mol. The van der Waals surface area contributed by atoms with Crippen LogP contribution in [0, 0.1) is 0 Å². The molecule has 11 heteroatoms. The second kappa shape index (κ2) is 11.3. The molecular weight excluding hydrogens is 492 g/mol. The Morgan fingerprint density at radius 1 is 1.05 bits per heavy atom. The van der Waals surface area contributed by atoms with Crippen LogP contribution in [0.5, 0.6) is 5.75 Å². The minimum atomic E-state index is -3.33. The average Bonchev–Trinajstić information content (AvgIpc) is 3.32. The van der Waals surface area contributed by atoms with Crippen LogP contribution in [0.3, 0.4) is 0 Å². The third-order valence-electron chi connectivity index (χ3n) is 6.24. The summed E-state index contributed by atoms with van der Waals surface area (Å²) in [6.45, 7) is 7.10. The topological polar surface area (TPSA) is 112 Å². The SMILES string of the molecule is CCCS(=O)(=O)c1ccc2nnn(Cc3cccc(-c4ncc(OCCN5CCOCC5)cn4)c3)c2c1. The molecule has 0 saturated carbocycles. The molecule has 10 nitrogen and oxygen atoms in total. The summed E-state index contributed by atoms with van der Waals surface area (Å²) in [5, 5.41) is 8.45. The van der Waals surface area contributed by atoms with E-state index < -0.39 is 9.84 Å². The summed E-state index contributed by atoms with van der Waals surface area (Å²) in [5.41, 5.74) is 3.17. The summed E-state index contributed by atoms with van der Waals surface area (Å²) in [4.78, 5) is 11.6. The second-order valence-electron chi connectivity index (χ2n) is 8.96. The van der Waals surface area contributed by atoms with E-state index in [4.69, 9.17) is 9.47 Å². The fourth-order valence-corrected chi connectivity index (χ4v) is 5.62. The number of rotatable bonds is 10. The maximum Gasteiger partial charge on any atom is 0.178 e. The van der Waals surface area contributed by atoms with Gasteiger partial charge in [-0.2, -0.15) is 0 Å². The Balaban J connectivity index is 1.27. The number of hydrogen-bond donors (Lipinski definition) is 0. The van der Waals surface area contributed by atoms with Gasteiger partial charge in [0.25, 0.3) is 0 Å². The molecular formula is C26H30N6O4S. The van der Waals surface area contributed by atoms with Crippen LogP contribution in [0.15, 0.2) is 59.8 Å². The van der Waals surface area contributed by atoms with Crippen LogP contribution >= 0.6 is 0 Å². The summed E-state index contributed by atoms with van der Waals surface area (Å²) in [6.07, 6.45) is 3.95. The van der Waals surface area contributed by atoms with Crippen molar-refractivity contribution < 1.29 is 17.9 Å². The maximum atomic E-state index is 12.5. The number of sulfone groups is 1. The lowest BCUT2D eigenvalue weighted by atomic mass is 10.1. The highest BCUT2D eigenvalue weighted by Gasteiger charge is 2.16. The molecule has 2 aromatic carbocycles. The van der Waals surface area contributed by atoms with Gasteiger partial charge in [-0.25, -0.2) is 23.1 Å². The molecule has 2 aromatic heterocycles. The molecule has 3 heterocycles. The van der Waals surface area contributed by atoms with E-state index in [1.54, 1.807) is 35.3 Å². The molecule has 0 spiro atoms. The normalized spacial score (nSPS) is 14.7. The van der Waals surface area contributed by atoms with Crippen molar-refractivity contribution in [3.63, 3.8) is 0 Å². The fraction of sp³-hybridized carbons (Fsp3) is 0.385. The Kier molecular flexibility index (Phi) is 7.73. The number of benzene rings is 2. The number of nitrogens with zero attached hydrogens (tertiary/aromatic N) is 6. The first-order valence-electron chi connectivity index (χ1n) is 12.4. The molecule has 1 fully saturated rings. The van der Waals surface area contributed by atoms with Crippen molar-refractivity contribution in [2.24, 2.45) is 0 Å². The lowest BCUT2D eigenvalue weighted by molar-refractivity contribution is 0.0322. The molecule has 194 valence electrons. The zero-order valence-electron chi connectivity index (χ0n) is 20.8. The third kappa shape index (κ3) is 6.12. The van der Waals surface area contributed by atoms with Crippen molar-refractivity contribution in [2.75, 3.05) is 45.2 Å². The van der Waals surface area contributed by atoms with Gasteiger partial charge in [0.05, 0.1) is 48.3 Å². The molecule has 0 amide bonds. The van der Waals surface area contributed by atoms with Crippen LogP contribution in [0.25, 0.3) is 22.4 Å². The first-order valence-corrected chi connectivity index (χ1v) is 14.1. The van der Waals surface area contributed by atoms with Gasteiger partial charge in [0.1, 0.15) is 12.1 Å². The van der Waals surface area contributed by atoms with Crippen LogP contribution in [0.2, 0.25) is 0 Å².